The molecular weight excluding hydrogens is 358 g/mol. The molecule has 4 aromatic rings. The highest BCUT2D eigenvalue weighted by Crippen LogP contribution is 2.29. The Hall–Kier alpha value is -2.94. The van der Waals surface area contributed by atoms with Crippen LogP contribution in [0.25, 0.3) is 28.1 Å². The smallest absolute Gasteiger partial charge is 0.183 e. The van der Waals surface area contributed by atoms with Crippen molar-refractivity contribution in [3.8, 4) is 23.2 Å². The van der Waals surface area contributed by atoms with Crippen LogP contribution in [-0.2, 0) is 0 Å². The van der Waals surface area contributed by atoms with Gasteiger partial charge in [-0.05, 0) is 51.4 Å². The zero-order valence-electron chi connectivity index (χ0n) is 15.4. The fourth-order valence-corrected chi connectivity index (χ4v) is 3.19. The van der Waals surface area contributed by atoms with E-state index in [9.17, 15) is 0 Å². The fraction of sp³-hybridized carbons (Fsp3) is 0.190. The van der Waals surface area contributed by atoms with E-state index in [-0.39, 0.29) is 0 Å². The molecule has 4 rings (SSSR count). The van der Waals surface area contributed by atoms with Crippen LogP contribution in [0.5, 0.6) is 0 Å². The van der Waals surface area contributed by atoms with Crippen LogP contribution < -0.4 is 0 Å². The summed E-state index contributed by atoms with van der Waals surface area (Å²) in [6, 6.07) is 13.6. The average molecular weight is 376 g/mol. The lowest BCUT2D eigenvalue weighted by Crippen LogP contribution is -2.10. The van der Waals surface area contributed by atoms with E-state index in [1.807, 2.05) is 72.8 Å². The second kappa shape index (κ2) is 6.99. The molecule has 27 heavy (non-hydrogen) atoms. The Morgan fingerprint density at radius 3 is 2.70 bits per heavy atom. The van der Waals surface area contributed by atoms with Gasteiger partial charge in [0, 0.05) is 11.1 Å². The number of fused-ring (bicyclic) bond motifs is 3. The fourth-order valence-electron chi connectivity index (χ4n) is 2.97. The molecule has 2 heterocycles. The van der Waals surface area contributed by atoms with Crippen molar-refractivity contribution in [2.45, 2.75) is 6.92 Å². The summed E-state index contributed by atoms with van der Waals surface area (Å²) in [7, 11) is 4.00. The van der Waals surface area contributed by atoms with Crippen LogP contribution in [0, 0.1) is 18.8 Å². The van der Waals surface area contributed by atoms with Crippen molar-refractivity contribution in [1.29, 1.82) is 0 Å². The molecule has 0 radical (unpaired) electrons. The third kappa shape index (κ3) is 3.25. The Kier molecular flexibility index (Phi) is 4.53. The summed E-state index contributed by atoms with van der Waals surface area (Å²) >= 11 is 6.41. The lowest BCUT2D eigenvalue weighted by Gasteiger charge is -2.08. The van der Waals surface area contributed by atoms with Gasteiger partial charge in [0.05, 0.1) is 28.3 Å². The van der Waals surface area contributed by atoms with E-state index >= 15 is 0 Å². The predicted molar refractivity (Wildman–Crippen MR) is 109 cm³/mol. The number of hydrogen-bond acceptors (Lipinski definition) is 4. The highest BCUT2D eigenvalue weighted by atomic mass is 35.5. The van der Waals surface area contributed by atoms with Crippen molar-refractivity contribution in [3.63, 3.8) is 0 Å². The molecule has 0 amide bonds. The Morgan fingerprint density at radius 1 is 1.11 bits per heavy atom. The first-order valence-electron chi connectivity index (χ1n) is 8.58. The molecule has 0 aliphatic rings. The summed E-state index contributed by atoms with van der Waals surface area (Å²) in [6.45, 7) is 2.64. The lowest BCUT2D eigenvalue weighted by atomic mass is 10.1. The minimum Gasteiger partial charge on any atom is -0.299 e. The van der Waals surface area contributed by atoms with Crippen LogP contribution in [0.1, 0.15) is 11.3 Å². The maximum atomic E-state index is 6.41. The highest BCUT2D eigenvalue weighted by Gasteiger charge is 2.16. The third-order valence-corrected chi connectivity index (χ3v) is 4.56. The number of aromatic nitrogens is 4. The van der Waals surface area contributed by atoms with E-state index in [4.69, 9.17) is 11.6 Å². The van der Waals surface area contributed by atoms with Gasteiger partial charge in [0.25, 0.3) is 0 Å². The van der Waals surface area contributed by atoms with Crippen molar-refractivity contribution in [2.75, 3.05) is 20.6 Å². The molecule has 0 unspecified atom stereocenters. The van der Waals surface area contributed by atoms with Gasteiger partial charge in [-0.25, -0.2) is 4.98 Å². The Balaban J connectivity index is 1.98. The number of rotatable bonds is 2. The van der Waals surface area contributed by atoms with E-state index in [0.717, 1.165) is 33.5 Å². The summed E-state index contributed by atoms with van der Waals surface area (Å²) < 4.78 is 2.01. The van der Waals surface area contributed by atoms with E-state index in [1.165, 1.54) is 0 Å². The monoisotopic (exact) mass is 375 g/mol. The third-order valence-electron chi connectivity index (χ3n) is 4.23. The summed E-state index contributed by atoms with van der Waals surface area (Å²) in [5.41, 5.74) is 5.08. The van der Waals surface area contributed by atoms with Crippen molar-refractivity contribution in [1.82, 2.24) is 24.5 Å². The molecule has 0 aliphatic heterocycles. The minimum absolute atomic E-state index is 0.636. The topological polar surface area (TPSA) is 46.3 Å². The molecule has 0 saturated carbocycles. The van der Waals surface area contributed by atoms with E-state index in [2.05, 4.69) is 27.0 Å². The van der Waals surface area contributed by atoms with Gasteiger partial charge in [0.15, 0.2) is 11.5 Å². The van der Waals surface area contributed by atoms with Gasteiger partial charge in [0.2, 0.25) is 0 Å². The quantitative estimate of drug-likeness (QED) is 0.500. The van der Waals surface area contributed by atoms with Crippen molar-refractivity contribution < 1.29 is 0 Å². The van der Waals surface area contributed by atoms with E-state index < -0.39 is 0 Å². The Labute approximate surface area is 162 Å². The average Bonchev–Trinajstić information content (AvgIpc) is 3.08. The first-order valence-corrected chi connectivity index (χ1v) is 8.96. The first kappa shape index (κ1) is 17.5. The number of hydrogen-bond donors (Lipinski definition) is 0. The van der Waals surface area contributed by atoms with Gasteiger partial charge < -0.3 is 0 Å². The van der Waals surface area contributed by atoms with Gasteiger partial charge in [-0.15, -0.1) is 10.2 Å². The molecule has 2 aromatic carbocycles. The maximum Gasteiger partial charge on any atom is 0.183 e. The highest BCUT2D eigenvalue weighted by molar-refractivity contribution is 6.33. The van der Waals surface area contributed by atoms with Crippen molar-refractivity contribution in [2.24, 2.45) is 0 Å². The molecule has 6 heteroatoms. The summed E-state index contributed by atoms with van der Waals surface area (Å²) in [4.78, 5) is 6.70. The summed E-state index contributed by atoms with van der Waals surface area (Å²) in [5.74, 6) is 7.08. The van der Waals surface area contributed by atoms with Crippen LogP contribution in [0.15, 0.2) is 42.5 Å². The van der Waals surface area contributed by atoms with E-state index in [1.54, 1.807) is 0 Å². The zero-order valence-corrected chi connectivity index (χ0v) is 16.1. The molecular formula is C21H18ClN5. The van der Waals surface area contributed by atoms with Crippen LogP contribution in [0.4, 0.5) is 0 Å². The molecule has 0 spiro atoms. The predicted octanol–water partition coefficient (Wildman–Crippen LogP) is 3.82. The minimum atomic E-state index is 0.636. The molecule has 0 fully saturated rings. The van der Waals surface area contributed by atoms with Gasteiger partial charge in [-0.2, -0.15) is 0 Å². The van der Waals surface area contributed by atoms with Crippen molar-refractivity contribution in [3.05, 3.63) is 58.7 Å². The molecule has 0 N–H and O–H groups in total. The van der Waals surface area contributed by atoms with Gasteiger partial charge in [-0.3, -0.25) is 9.30 Å². The molecule has 0 atom stereocenters. The van der Waals surface area contributed by atoms with Crippen LogP contribution in [0.2, 0.25) is 5.02 Å². The van der Waals surface area contributed by atoms with Crippen LogP contribution in [0.3, 0.4) is 0 Å². The van der Waals surface area contributed by atoms with Gasteiger partial charge in [0.1, 0.15) is 0 Å². The first-order chi connectivity index (χ1) is 13.0. The lowest BCUT2D eigenvalue weighted by molar-refractivity contribution is 0.464. The van der Waals surface area contributed by atoms with Gasteiger partial charge >= 0.3 is 0 Å². The maximum absolute atomic E-state index is 6.41. The number of benzene rings is 2. The Morgan fingerprint density at radius 2 is 1.93 bits per heavy atom. The second-order valence-corrected chi connectivity index (χ2v) is 7.01. The molecule has 2 aromatic heterocycles. The standard InChI is InChI=1S/C21H18ClN5/c1-14-20-24-25-21(16-8-4-5-9-17(16)22)27(20)19-13-15(7-6-12-26(2)3)10-11-18(19)23-14/h4-5,8-11,13H,12H2,1-3H3. The molecule has 0 saturated heterocycles. The molecule has 0 bridgehead atoms. The second-order valence-electron chi connectivity index (χ2n) is 6.60. The number of halogens is 1. The number of nitrogens with zero attached hydrogens (tertiary/aromatic N) is 5. The zero-order chi connectivity index (χ0) is 19.0. The Bertz CT molecular complexity index is 1210. The van der Waals surface area contributed by atoms with Crippen LogP contribution in [-0.4, -0.2) is 45.1 Å². The molecule has 0 aliphatic carbocycles. The van der Waals surface area contributed by atoms with Crippen LogP contribution >= 0.6 is 11.6 Å². The summed E-state index contributed by atoms with van der Waals surface area (Å²) in [6.07, 6.45) is 0. The SMILES string of the molecule is Cc1nc2ccc(C#CCN(C)C)cc2n2c(-c3ccccc3Cl)nnc12. The molecule has 5 nitrogen and oxygen atoms in total. The largest absolute Gasteiger partial charge is 0.299 e. The van der Waals surface area contributed by atoms with Gasteiger partial charge in [-0.1, -0.05) is 35.6 Å². The van der Waals surface area contributed by atoms with Crippen molar-refractivity contribution >= 4 is 28.3 Å². The summed E-state index contributed by atoms with van der Waals surface area (Å²) in [5, 5.41) is 9.38. The normalized spacial score (nSPS) is 11.1. The molecule has 134 valence electrons. The van der Waals surface area contributed by atoms with E-state index in [0.29, 0.717) is 17.4 Å². The number of aryl methyl sites for hydroxylation is 1.